The molecule has 0 fully saturated rings. The van der Waals surface area contributed by atoms with Crippen LogP contribution in [0.5, 0.6) is 0 Å². The Hall–Kier alpha value is -1.16. The number of benzene rings is 1. The van der Waals surface area contributed by atoms with E-state index in [4.69, 9.17) is 4.74 Å². The van der Waals surface area contributed by atoms with Crippen molar-refractivity contribution in [2.75, 3.05) is 13.7 Å². The highest BCUT2D eigenvalue weighted by molar-refractivity contribution is 7.15. The molecule has 108 valence electrons. The molecule has 1 heterocycles. The summed E-state index contributed by atoms with van der Waals surface area (Å²) in [5.74, 6) is 0.573. The third-order valence-electron chi connectivity index (χ3n) is 3.41. The van der Waals surface area contributed by atoms with E-state index in [9.17, 15) is 0 Å². The number of rotatable bonds is 7. The lowest BCUT2D eigenvalue weighted by Gasteiger charge is -2.21. The zero-order chi connectivity index (χ0) is 14.4. The third-order valence-corrected chi connectivity index (χ3v) is 4.54. The molecule has 1 aromatic heterocycles. The fraction of sp³-hybridized carbons (Fsp3) is 0.412. The van der Waals surface area contributed by atoms with Gasteiger partial charge in [0.15, 0.2) is 0 Å². The highest BCUT2D eigenvalue weighted by Crippen LogP contribution is 2.27. The van der Waals surface area contributed by atoms with E-state index in [1.54, 1.807) is 7.11 Å². The van der Waals surface area contributed by atoms with Gasteiger partial charge in [-0.05, 0) is 23.6 Å². The molecule has 0 radical (unpaired) electrons. The van der Waals surface area contributed by atoms with Gasteiger partial charge in [0.25, 0.3) is 0 Å². The Bertz CT molecular complexity index is 507. The van der Waals surface area contributed by atoms with Crippen LogP contribution in [0.1, 0.15) is 18.7 Å². The van der Waals surface area contributed by atoms with Crippen LogP contribution >= 0.6 is 11.3 Å². The van der Waals surface area contributed by atoms with Crippen LogP contribution in [0.4, 0.5) is 0 Å². The first-order valence-electron chi connectivity index (χ1n) is 7.07. The highest BCUT2D eigenvalue weighted by atomic mass is 32.1. The molecule has 1 atom stereocenters. The minimum atomic E-state index is 0.405. The first kappa shape index (κ1) is 15.2. The van der Waals surface area contributed by atoms with Crippen LogP contribution in [0.25, 0.3) is 10.4 Å². The number of nitrogens with one attached hydrogen (secondary N) is 1. The largest absolute Gasteiger partial charge is 0.383 e. The van der Waals surface area contributed by atoms with Crippen molar-refractivity contribution in [1.82, 2.24) is 5.32 Å². The normalized spacial score (nSPS) is 12.8. The van der Waals surface area contributed by atoms with Crippen LogP contribution in [0, 0.1) is 5.92 Å². The van der Waals surface area contributed by atoms with Gasteiger partial charge in [0, 0.05) is 29.5 Å². The molecule has 2 nitrogen and oxygen atoms in total. The van der Waals surface area contributed by atoms with Crippen molar-refractivity contribution in [3.05, 3.63) is 47.3 Å². The Kier molecular flexibility index (Phi) is 5.77. The van der Waals surface area contributed by atoms with Crippen LogP contribution in [-0.2, 0) is 11.3 Å². The predicted molar refractivity (Wildman–Crippen MR) is 87.1 cm³/mol. The number of thiophene rings is 1. The average molecular weight is 289 g/mol. The summed E-state index contributed by atoms with van der Waals surface area (Å²) >= 11 is 1.85. The summed E-state index contributed by atoms with van der Waals surface area (Å²) in [5.41, 5.74) is 1.29. The zero-order valence-electron chi connectivity index (χ0n) is 12.4. The summed E-state index contributed by atoms with van der Waals surface area (Å²) in [6, 6.07) is 15.4. The summed E-state index contributed by atoms with van der Waals surface area (Å²) in [5, 5.41) is 3.59. The molecule has 3 heteroatoms. The quantitative estimate of drug-likeness (QED) is 0.826. The molecule has 0 aliphatic heterocycles. The van der Waals surface area contributed by atoms with Crippen molar-refractivity contribution in [1.29, 1.82) is 0 Å². The van der Waals surface area contributed by atoms with Crippen molar-refractivity contribution in [2.45, 2.75) is 26.4 Å². The maximum absolute atomic E-state index is 5.27. The number of hydrogen-bond acceptors (Lipinski definition) is 3. The molecule has 0 saturated heterocycles. The maximum Gasteiger partial charge on any atom is 0.0618 e. The van der Waals surface area contributed by atoms with E-state index in [1.807, 2.05) is 11.3 Å². The van der Waals surface area contributed by atoms with E-state index in [0.717, 1.165) is 13.2 Å². The Morgan fingerprint density at radius 1 is 1.10 bits per heavy atom. The number of hydrogen-bond donors (Lipinski definition) is 1. The Morgan fingerprint density at radius 3 is 2.50 bits per heavy atom. The van der Waals surface area contributed by atoms with Crippen LogP contribution in [0.3, 0.4) is 0 Å². The molecule has 2 rings (SSSR count). The molecule has 1 unspecified atom stereocenters. The fourth-order valence-electron chi connectivity index (χ4n) is 2.13. The second kappa shape index (κ2) is 7.58. The predicted octanol–water partition coefficient (Wildman–Crippen LogP) is 4.18. The zero-order valence-corrected chi connectivity index (χ0v) is 13.2. The standard InChI is InChI=1S/C17H23NOS/c1-13(2)16(12-19-3)18-11-15-9-10-17(20-15)14-7-5-4-6-8-14/h4-10,13,16,18H,11-12H2,1-3H3. The number of ether oxygens (including phenoxy) is 1. The molecular weight excluding hydrogens is 266 g/mol. The molecule has 1 aromatic carbocycles. The molecule has 0 saturated carbocycles. The van der Waals surface area contributed by atoms with Crippen molar-refractivity contribution in [3.63, 3.8) is 0 Å². The van der Waals surface area contributed by atoms with Gasteiger partial charge in [-0.15, -0.1) is 11.3 Å². The van der Waals surface area contributed by atoms with Gasteiger partial charge >= 0.3 is 0 Å². The summed E-state index contributed by atoms with van der Waals surface area (Å²) in [6.07, 6.45) is 0. The summed E-state index contributed by atoms with van der Waals surface area (Å²) in [4.78, 5) is 2.70. The van der Waals surface area contributed by atoms with E-state index in [2.05, 4.69) is 61.6 Å². The molecule has 0 spiro atoms. The van der Waals surface area contributed by atoms with Gasteiger partial charge in [0.05, 0.1) is 6.61 Å². The minimum Gasteiger partial charge on any atom is -0.383 e. The Labute approximate surface area is 125 Å². The molecule has 0 aliphatic carbocycles. The summed E-state index contributed by atoms with van der Waals surface area (Å²) in [7, 11) is 1.76. The van der Waals surface area contributed by atoms with Crippen LogP contribution in [-0.4, -0.2) is 19.8 Å². The van der Waals surface area contributed by atoms with Crippen LogP contribution in [0.15, 0.2) is 42.5 Å². The monoisotopic (exact) mass is 289 g/mol. The maximum atomic E-state index is 5.27. The SMILES string of the molecule is COCC(NCc1ccc(-c2ccccc2)s1)C(C)C. The van der Waals surface area contributed by atoms with E-state index >= 15 is 0 Å². The van der Waals surface area contributed by atoms with Crippen molar-refractivity contribution < 1.29 is 4.74 Å². The van der Waals surface area contributed by atoms with Crippen molar-refractivity contribution in [2.24, 2.45) is 5.92 Å². The first-order valence-corrected chi connectivity index (χ1v) is 7.89. The lowest BCUT2D eigenvalue weighted by Crippen LogP contribution is -2.37. The molecule has 0 bridgehead atoms. The smallest absolute Gasteiger partial charge is 0.0618 e. The van der Waals surface area contributed by atoms with Gasteiger partial charge in [-0.3, -0.25) is 0 Å². The molecule has 0 aliphatic rings. The summed E-state index contributed by atoms with van der Waals surface area (Å²) in [6.45, 7) is 6.11. The summed E-state index contributed by atoms with van der Waals surface area (Å²) < 4.78 is 5.27. The highest BCUT2D eigenvalue weighted by Gasteiger charge is 2.12. The second-order valence-corrected chi connectivity index (χ2v) is 6.49. The Morgan fingerprint density at radius 2 is 1.85 bits per heavy atom. The second-order valence-electron chi connectivity index (χ2n) is 5.32. The van der Waals surface area contributed by atoms with Crippen molar-refractivity contribution >= 4 is 11.3 Å². The molecule has 0 amide bonds. The fourth-order valence-corrected chi connectivity index (χ4v) is 3.09. The Balaban J connectivity index is 1.96. The lowest BCUT2D eigenvalue weighted by atomic mass is 10.1. The lowest BCUT2D eigenvalue weighted by molar-refractivity contribution is 0.146. The molecule has 2 aromatic rings. The van der Waals surface area contributed by atoms with Gasteiger partial charge in [-0.1, -0.05) is 44.2 Å². The van der Waals surface area contributed by atoms with E-state index in [-0.39, 0.29) is 0 Å². The van der Waals surface area contributed by atoms with E-state index in [0.29, 0.717) is 12.0 Å². The first-order chi connectivity index (χ1) is 9.70. The topological polar surface area (TPSA) is 21.3 Å². The molecular formula is C17H23NOS. The van der Waals surface area contributed by atoms with Gasteiger partial charge in [-0.25, -0.2) is 0 Å². The molecule has 20 heavy (non-hydrogen) atoms. The minimum absolute atomic E-state index is 0.405. The van der Waals surface area contributed by atoms with Gasteiger partial charge in [0.1, 0.15) is 0 Å². The van der Waals surface area contributed by atoms with Gasteiger partial charge in [-0.2, -0.15) is 0 Å². The number of methoxy groups -OCH3 is 1. The van der Waals surface area contributed by atoms with Crippen molar-refractivity contribution in [3.8, 4) is 10.4 Å². The molecule has 1 N–H and O–H groups in total. The van der Waals surface area contributed by atoms with Gasteiger partial charge in [0.2, 0.25) is 0 Å². The van der Waals surface area contributed by atoms with Gasteiger partial charge < -0.3 is 10.1 Å². The van der Waals surface area contributed by atoms with E-state index < -0.39 is 0 Å². The van der Waals surface area contributed by atoms with E-state index in [1.165, 1.54) is 15.3 Å². The van der Waals surface area contributed by atoms with Crippen LogP contribution < -0.4 is 5.32 Å². The average Bonchev–Trinajstić information content (AvgIpc) is 2.93. The van der Waals surface area contributed by atoms with Crippen LogP contribution in [0.2, 0.25) is 0 Å². The third kappa shape index (κ3) is 4.17.